The predicted molar refractivity (Wildman–Crippen MR) is 250 cm³/mol. The Morgan fingerprint density at radius 1 is 0.259 bits per heavy atom. The van der Waals surface area contributed by atoms with E-state index in [0.29, 0.717) is 0 Å². The van der Waals surface area contributed by atoms with Gasteiger partial charge < -0.3 is 9.80 Å². The molecule has 0 saturated carbocycles. The van der Waals surface area contributed by atoms with Gasteiger partial charge in [-0.3, -0.25) is 0 Å². The van der Waals surface area contributed by atoms with Crippen molar-refractivity contribution in [3.8, 4) is 44.5 Å². The lowest BCUT2D eigenvalue weighted by atomic mass is 9.85. The van der Waals surface area contributed by atoms with Crippen molar-refractivity contribution in [3.05, 3.63) is 218 Å². The van der Waals surface area contributed by atoms with Gasteiger partial charge in [-0.2, -0.15) is 0 Å². The summed E-state index contributed by atoms with van der Waals surface area (Å²) in [6.07, 6.45) is 0. The summed E-state index contributed by atoms with van der Waals surface area (Å²) >= 11 is 0. The molecular formula is C56H42N2. The topological polar surface area (TPSA) is 6.48 Å². The Hall–Kier alpha value is -7.42. The Balaban J connectivity index is 1.03. The zero-order chi connectivity index (χ0) is 39.0. The van der Waals surface area contributed by atoms with Crippen LogP contribution in [0.15, 0.2) is 218 Å². The maximum Gasteiger partial charge on any atom is 0.0408 e. The van der Waals surface area contributed by atoms with Gasteiger partial charge in [0.05, 0.1) is 0 Å². The van der Waals surface area contributed by atoms with Gasteiger partial charge in [-0.25, -0.2) is 0 Å². The predicted octanol–water partition coefficient (Wildman–Crippen LogP) is 15.3. The van der Waals surface area contributed by atoms with Crippen LogP contribution in [-0.2, 0) is 0 Å². The first-order valence-corrected chi connectivity index (χ1v) is 20.0. The lowest BCUT2D eigenvalue weighted by Gasteiger charge is -2.20. The number of rotatable bonds is 8. The van der Waals surface area contributed by atoms with Crippen LogP contribution < -0.4 is 9.80 Å². The molecule has 0 spiro atoms. The van der Waals surface area contributed by atoms with Gasteiger partial charge in [0.25, 0.3) is 0 Å². The Morgan fingerprint density at radius 2 is 0.534 bits per heavy atom. The fourth-order valence-electron chi connectivity index (χ4n) is 8.48. The van der Waals surface area contributed by atoms with Crippen molar-refractivity contribution >= 4 is 55.1 Å². The SMILES string of the molecule is CN(c1ccccc1)c1ccc(-c2ccc(-c3cc4ccccc4c4c(-c5ccc(-c6ccc(N(C)c7ccccc7)cc6)cc5)cc5ccccc5c34)cc2)cc1. The molecular weight excluding hydrogens is 701 g/mol. The van der Waals surface area contributed by atoms with Crippen molar-refractivity contribution in [1.29, 1.82) is 0 Å². The summed E-state index contributed by atoms with van der Waals surface area (Å²) < 4.78 is 0. The molecule has 276 valence electrons. The maximum absolute atomic E-state index is 2.39. The van der Waals surface area contributed by atoms with Crippen LogP contribution in [0.3, 0.4) is 0 Å². The molecule has 0 fully saturated rings. The quantitative estimate of drug-likeness (QED) is 0.143. The van der Waals surface area contributed by atoms with Gasteiger partial charge in [-0.1, -0.05) is 158 Å². The van der Waals surface area contributed by atoms with Crippen LogP contribution in [0, 0.1) is 0 Å². The maximum atomic E-state index is 2.39. The molecule has 0 aliphatic carbocycles. The van der Waals surface area contributed by atoms with Crippen molar-refractivity contribution in [3.63, 3.8) is 0 Å². The zero-order valence-corrected chi connectivity index (χ0v) is 32.7. The number of hydrogen-bond donors (Lipinski definition) is 0. The summed E-state index contributed by atoms with van der Waals surface area (Å²) in [7, 11) is 4.23. The summed E-state index contributed by atoms with van der Waals surface area (Å²) in [5, 5.41) is 7.58. The standard InChI is InChI=1S/C56H42N2/c1-57(47-15-5-3-6-16-47)49-33-29-41(30-34-49)39-21-25-43(26-22-39)53-37-45-13-9-12-20-52(45)56-54(38-46-14-10-11-19-51(46)55(53)56)44-27-23-40(24-28-44)42-31-35-50(36-32-42)58(2)48-17-7-4-8-18-48/h3-38H,1-2H3. The largest absolute Gasteiger partial charge is 0.345 e. The molecule has 0 saturated heterocycles. The van der Waals surface area contributed by atoms with Crippen LogP contribution in [0.2, 0.25) is 0 Å². The van der Waals surface area contributed by atoms with Crippen LogP contribution in [0.25, 0.3) is 76.8 Å². The summed E-state index contributed by atoms with van der Waals surface area (Å²) in [4.78, 5) is 4.44. The minimum absolute atomic E-state index is 1.16. The molecule has 0 aliphatic heterocycles. The monoisotopic (exact) mass is 742 g/mol. The van der Waals surface area contributed by atoms with E-state index in [1.165, 1.54) is 88.2 Å². The molecule has 2 nitrogen and oxygen atoms in total. The molecule has 0 bridgehead atoms. The molecule has 0 amide bonds. The van der Waals surface area contributed by atoms with Crippen molar-refractivity contribution in [2.75, 3.05) is 23.9 Å². The van der Waals surface area contributed by atoms with Crippen LogP contribution >= 0.6 is 0 Å². The van der Waals surface area contributed by atoms with Crippen molar-refractivity contribution in [2.45, 2.75) is 0 Å². The summed E-state index contributed by atoms with van der Waals surface area (Å²) in [5.41, 5.74) is 14.4. The van der Waals surface area contributed by atoms with E-state index in [-0.39, 0.29) is 0 Å². The molecule has 0 aliphatic rings. The van der Waals surface area contributed by atoms with E-state index in [1.54, 1.807) is 0 Å². The molecule has 10 aromatic rings. The van der Waals surface area contributed by atoms with Crippen LogP contribution in [-0.4, -0.2) is 14.1 Å². The highest BCUT2D eigenvalue weighted by Gasteiger charge is 2.17. The second-order valence-corrected chi connectivity index (χ2v) is 15.1. The Morgan fingerprint density at radius 3 is 0.897 bits per heavy atom. The second kappa shape index (κ2) is 14.9. The summed E-state index contributed by atoms with van der Waals surface area (Å²) in [6.45, 7) is 0. The molecule has 10 aromatic carbocycles. The van der Waals surface area contributed by atoms with Gasteiger partial charge >= 0.3 is 0 Å². The third kappa shape index (κ3) is 6.45. The Bertz CT molecular complexity index is 2810. The minimum Gasteiger partial charge on any atom is -0.345 e. The first-order valence-electron chi connectivity index (χ1n) is 20.0. The van der Waals surface area contributed by atoms with Gasteiger partial charge in [0.15, 0.2) is 0 Å². The first kappa shape index (κ1) is 35.0. The fraction of sp³-hybridized carbons (Fsp3) is 0.0357. The van der Waals surface area contributed by atoms with E-state index < -0.39 is 0 Å². The van der Waals surface area contributed by atoms with Gasteiger partial charge in [-0.05, 0) is 137 Å². The highest BCUT2D eigenvalue weighted by atomic mass is 15.1. The highest BCUT2D eigenvalue weighted by molar-refractivity contribution is 6.27. The zero-order valence-electron chi connectivity index (χ0n) is 32.7. The van der Waals surface area contributed by atoms with Crippen LogP contribution in [0.4, 0.5) is 22.7 Å². The second-order valence-electron chi connectivity index (χ2n) is 15.1. The molecule has 0 unspecified atom stereocenters. The average molecular weight is 743 g/mol. The van der Waals surface area contributed by atoms with Gasteiger partial charge in [0.2, 0.25) is 0 Å². The number of benzene rings is 10. The van der Waals surface area contributed by atoms with Crippen molar-refractivity contribution < 1.29 is 0 Å². The van der Waals surface area contributed by atoms with E-state index in [4.69, 9.17) is 0 Å². The van der Waals surface area contributed by atoms with E-state index in [2.05, 4.69) is 242 Å². The highest BCUT2D eigenvalue weighted by Crippen LogP contribution is 2.45. The molecule has 0 radical (unpaired) electrons. The molecule has 0 heterocycles. The lowest BCUT2D eigenvalue weighted by Crippen LogP contribution is -2.08. The molecule has 58 heavy (non-hydrogen) atoms. The fourth-order valence-corrected chi connectivity index (χ4v) is 8.48. The third-order valence-electron chi connectivity index (χ3n) is 11.7. The van der Waals surface area contributed by atoms with Crippen LogP contribution in [0.1, 0.15) is 0 Å². The minimum atomic E-state index is 1.16. The van der Waals surface area contributed by atoms with Gasteiger partial charge in [0, 0.05) is 36.8 Å². The lowest BCUT2D eigenvalue weighted by molar-refractivity contribution is 1.21. The number of anilines is 4. The van der Waals surface area contributed by atoms with E-state index in [9.17, 15) is 0 Å². The van der Waals surface area contributed by atoms with Gasteiger partial charge in [-0.15, -0.1) is 0 Å². The molecule has 2 heteroatoms. The smallest absolute Gasteiger partial charge is 0.0408 e. The number of fused-ring (bicyclic) bond motifs is 5. The van der Waals surface area contributed by atoms with Crippen molar-refractivity contribution in [1.82, 2.24) is 0 Å². The molecule has 0 N–H and O–H groups in total. The number of nitrogens with zero attached hydrogens (tertiary/aromatic N) is 2. The third-order valence-corrected chi connectivity index (χ3v) is 11.7. The number of hydrogen-bond acceptors (Lipinski definition) is 2. The van der Waals surface area contributed by atoms with Crippen LogP contribution in [0.5, 0.6) is 0 Å². The average Bonchev–Trinajstić information content (AvgIpc) is 3.31. The van der Waals surface area contributed by atoms with E-state index >= 15 is 0 Å². The van der Waals surface area contributed by atoms with E-state index in [1.807, 2.05) is 0 Å². The first-order chi connectivity index (χ1) is 28.6. The molecule has 0 atom stereocenters. The normalized spacial score (nSPS) is 11.3. The van der Waals surface area contributed by atoms with Gasteiger partial charge in [0.1, 0.15) is 0 Å². The Labute approximate surface area is 340 Å². The molecule has 10 rings (SSSR count). The summed E-state index contributed by atoms with van der Waals surface area (Å²) in [5.74, 6) is 0. The van der Waals surface area contributed by atoms with E-state index in [0.717, 1.165) is 11.4 Å². The Kier molecular flexibility index (Phi) is 9.01. The number of para-hydroxylation sites is 2. The summed E-state index contributed by atoms with van der Waals surface area (Å²) in [6, 6.07) is 79.4. The molecule has 0 aromatic heterocycles. The van der Waals surface area contributed by atoms with Crippen molar-refractivity contribution in [2.24, 2.45) is 0 Å².